The molecule has 0 aliphatic carbocycles. The van der Waals surface area contributed by atoms with Crippen molar-refractivity contribution in [3.63, 3.8) is 0 Å². The third-order valence-corrected chi connectivity index (χ3v) is 4.64. The van der Waals surface area contributed by atoms with Crippen LogP contribution in [0.4, 0.5) is 0 Å². The van der Waals surface area contributed by atoms with E-state index in [1.54, 1.807) is 0 Å². The molecule has 2 aromatic carbocycles. The third-order valence-electron chi connectivity index (χ3n) is 4.40. The predicted molar refractivity (Wildman–Crippen MR) is 108 cm³/mol. The molecule has 0 radical (unpaired) electrons. The Kier molecular flexibility index (Phi) is 6.91. The highest BCUT2D eigenvalue weighted by atomic mass is 35.5. The first-order valence-corrected chi connectivity index (χ1v) is 8.70. The number of nitrogens with one attached hydrogen (secondary N) is 1. The second kappa shape index (κ2) is 8.72. The van der Waals surface area contributed by atoms with Crippen molar-refractivity contribution in [3.05, 3.63) is 70.9 Å². The molecule has 3 aromatic rings. The van der Waals surface area contributed by atoms with Crippen LogP contribution in [-0.2, 0) is 0 Å². The Hall–Kier alpha value is -1.52. The van der Waals surface area contributed by atoms with Gasteiger partial charge in [0.1, 0.15) is 0 Å². The molecule has 25 heavy (non-hydrogen) atoms. The molecule has 1 aromatic heterocycles. The zero-order chi connectivity index (χ0) is 17.1. The van der Waals surface area contributed by atoms with Gasteiger partial charge in [0, 0.05) is 28.7 Å². The molecule has 1 heterocycles. The summed E-state index contributed by atoms with van der Waals surface area (Å²) < 4.78 is 2.17. The Morgan fingerprint density at radius 2 is 1.88 bits per heavy atom. The third kappa shape index (κ3) is 4.18. The summed E-state index contributed by atoms with van der Waals surface area (Å²) >= 11 is 6.16. The molecule has 3 nitrogen and oxygen atoms in total. The minimum atomic E-state index is -0.530. The van der Waals surface area contributed by atoms with Crippen LogP contribution < -0.4 is 5.32 Å². The van der Waals surface area contributed by atoms with Crippen molar-refractivity contribution in [2.45, 2.75) is 26.0 Å². The first kappa shape index (κ1) is 19.8. The summed E-state index contributed by atoms with van der Waals surface area (Å²) in [5, 5.41) is 16.0. The number of aliphatic hydroxyl groups is 1. The van der Waals surface area contributed by atoms with Gasteiger partial charge in [-0.25, -0.2) is 0 Å². The number of hydrogen-bond acceptors (Lipinski definition) is 2. The van der Waals surface area contributed by atoms with Crippen LogP contribution in [0.5, 0.6) is 0 Å². The van der Waals surface area contributed by atoms with Crippen LogP contribution in [0.3, 0.4) is 0 Å². The van der Waals surface area contributed by atoms with Crippen LogP contribution in [0.25, 0.3) is 10.9 Å². The highest BCUT2D eigenvalue weighted by Crippen LogP contribution is 2.31. The van der Waals surface area contributed by atoms with Gasteiger partial charge in [0.2, 0.25) is 0 Å². The zero-order valence-electron chi connectivity index (χ0n) is 14.4. The maximum absolute atomic E-state index is 10.9. The van der Waals surface area contributed by atoms with Crippen molar-refractivity contribution in [2.75, 3.05) is 13.1 Å². The fraction of sp³-hybridized carbons (Fsp3) is 0.300. The number of aryl methyl sites for hydroxylation is 1. The average Bonchev–Trinajstić information content (AvgIpc) is 2.90. The first-order chi connectivity index (χ1) is 11.6. The molecule has 5 heteroatoms. The number of likely N-dealkylation sites (N-methyl/N-ethyl adjacent to an activating group) is 1. The number of halogens is 2. The number of fused-ring (bicyclic) bond motifs is 1. The predicted octanol–water partition coefficient (Wildman–Crippen LogP) is 4.58. The first-order valence-electron chi connectivity index (χ1n) is 8.32. The van der Waals surface area contributed by atoms with E-state index in [9.17, 15) is 5.11 Å². The van der Waals surface area contributed by atoms with E-state index >= 15 is 0 Å². The van der Waals surface area contributed by atoms with Crippen molar-refractivity contribution in [1.82, 2.24) is 9.88 Å². The van der Waals surface area contributed by atoms with E-state index in [0.717, 1.165) is 33.6 Å². The van der Waals surface area contributed by atoms with Crippen LogP contribution >= 0.6 is 24.0 Å². The topological polar surface area (TPSA) is 37.2 Å². The fourth-order valence-corrected chi connectivity index (χ4v) is 3.42. The standard InChI is InChI=1S/C20H23ClN2O.ClH/c1-3-22-12-19(24)20(15-7-5-4-6-8-15)23-13-14(2)17-11-16(21)9-10-18(17)23;/h4-11,13,19-20,22,24H,3,12H2,1-2H3;1H/t19-,20+;/m1./s1. The summed E-state index contributed by atoms with van der Waals surface area (Å²) in [7, 11) is 0. The van der Waals surface area contributed by atoms with Gasteiger partial charge in [-0.3, -0.25) is 0 Å². The van der Waals surface area contributed by atoms with Gasteiger partial charge < -0.3 is 15.0 Å². The lowest BCUT2D eigenvalue weighted by molar-refractivity contribution is 0.130. The number of aromatic nitrogens is 1. The molecule has 2 N–H and O–H groups in total. The van der Waals surface area contributed by atoms with E-state index in [4.69, 9.17) is 11.6 Å². The molecule has 134 valence electrons. The maximum Gasteiger partial charge on any atom is 0.0912 e. The lowest BCUT2D eigenvalue weighted by Crippen LogP contribution is -2.34. The van der Waals surface area contributed by atoms with E-state index in [1.807, 2.05) is 43.3 Å². The van der Waals surface area contributed by atoms with Gasteiger partial charge in [0.25, 0.3) is 0 Å². The summed E-state index contributed by atoms with van der Waals surface area (Å²) in [5.41, 5.74) is 3.33. The summed E-state index contributed by atoms with van der Waals surface area (Å²) in [6.07, 6.45) is 1.58. The van der Waals surface area contributed by atoms with Crippen molar-refractivity contribution < 1.29 is 5.11 Å². The van der Waals surface area contributed by atoms with Gasteiger partial charge in [-0.15, -0.1) is 12.4 Å². The molecule has 0 spiro atoms. The number of benzene rings is 2. The molecule has 2 atom stereocenters. The van der Waals surface area contributed by atoms with E-state index in [-0.39, 0.29) is 18.4 Å². The molecule has 3 rings (SSSR count). The summed E-state index contributed by atoms with van der Waals surface area (Å²) in [6, 6.07) is 15.9. The average molecular weight is 379 g/mol. The quantitative estimate of drug-likeness (QED) is 0.658. The van der Waals surface area contributed by atoms with Gasteiger partial charge >= 0.3 is 0 Å². The van der Waals surface area contributed by atoms with Gasteiger partial charge in [-0.1, -0.05) is 48.9 Å². The Bertz CT molecular complexity index is 817. The van der Waals surface area contributed by atoms with E-state index < -0.39 is 6.10 Å². The largest absolute Gasteiger partial charge is 0.389 e. The molecule has 0 saturated heterocycles. The number of hydrogen-bond donors (Lipinski definition) is 2. The smallest absolute Gasteiger partial charge is 0.0912 e. The van der Waals surface area contributed by atoms with Gasteiger partial charge in [-0.2, -0.15) is 0 Å². The maximum atomic E-state index is 10.9. The molecule has 0 unspecified atom stereocenters. The van der Waals surface area contributed by atoms with E-state index in [2.05, 4.69) is 35.1 Å². The van der Waals surface area contributed by atoms with E-state index in [1.165, 1.54) is 0 Å². The minimum Gasteiger partial charge on any atom is -0.389 e. The van der Waals surface area contributed by atoms with Crippen LogP contribution in [0.2, 0.25) is 5.02 Å². The van der Waals surface area contributed by atoms with E-state index in [0.29, 0.717) is 6.54 Å². The van der Waals surface area contributed by atoms with Crippen molar-refractivity contribution in [1.29, 1.82) is 0 Å². The molecule has 0 fully saturated rings. The molecule has 0 amide bonds. The molecule has 0 saturated carbocycles. The molecular formula is C20H24Cl2N2O. The number of aliphatic hydroxyl groups excluding tert-OH is 1. The molecule has 0 bridgehead atoms. The second-order valence-corrected chi connectivity index (χ2v) is 6.55. The normalized spacial score (nSPS) is 13.4. The Balaban J connectivity index is 0.00000225. The van der Waals surface area contributed by atoms with Crippen molar-refractivity contribution >= 4 is 34.9 Å². The SMILES string of the molecule is CCNC[C@@H](O)[C@H](c1ccccc1)n1cc(C)c2cc(Cl)ccc21.Cl. The lowest BCUT2D eigenvalue weighted by atomic mass is 10.0. The van der Waals surface area contributed by atoms with Gasteiger partial charge in [0.05, 0.1) is 12.1 Å². The number of nitrogens with zero attached hydrogens (tertiary/aromatic N) is 1. The minimum absolute atomic E-state index is 0. The Morgan fingerprint density at radius 3 is 2.56 bits per heavy atom. The summed E-state index contributed by atoms with van der Waals surface area (Å²) in [5.74, 6) is 0. The summed E-state index contributed by atoms with van der Waals surface area (Å²) in [4.78, 5) is 0. The lowest BCUT2D eigenvalue weighted by Gasteiger charge is -2.26. The monoisotopic (exact) mass is 378 g/mol. The highest BCUT2D eigenvalue weighted by Gasteiger charge is 2.24. The van der Waals surface area contributed by atoms with Crippen LogP contribution in [-0.4, -0.2) is 28.9 Å². The fourth-order valence-electron chi connectivity index (χ4n) is 3.25. The second-order valence-electron chi connectivity index (χ2n) is 6.11. The zero-order valence-corrected chi connectivity index (χ0v) is 16.0. The Morgan fingerprint density at radius 1 is 1.16 bits per heavy atom. The number of rotatable bonds is 6. The molecule has 0 aliphatic heterocycles. The Labute approximate surface area is 160 Å². The van der Waals surface area contributed by atoms with Crippen LogP contribution in [0, 0.1) is 6.92 Å². The molecule has 0 aliphatic rings. The van der Waals surface area contributed by atoms with Crippen molar-refractivity contribution in [3.8, 4) is 0 Å². The van der Waals surface area contributed by atoms with Gasteiger partial charge in [0.15, 0.2) is 0 Å². The van der Waals surface area contributed by atoms with Crippen LogP contribution in [0.15, 0.2) is 54.7 Å². The summed E-state index contributed by atoms with van der Waals surface area (Å²) in [6.45, 7) is 5.50. The molecular weight excluding hydrogens is 355 g/mol. The van der Waals surface area contributed by atoms with Gasteiger partial charge in [-0.05, 0) is 42.8 Å². The highest BCUT2D eigenvalue weighted by molar-refractivity contribution is 6.31. The van der Waals surface area contributed by atoms with Crippen molar-refractivity contribution in [2.24, 2.45) is 0 Å². The van der Waals surface area contributed by atoms with Crippen LogP contribution in [0.1, 0.15) is 24.1 Å².